The molecule has 0 saturated carbocycles. The van der Waals surface area contributed by atoms with E-state index >= 15 is 0 Å². The van der Waals surface area contributed by atoms with E-state index in [2.05, 4.69) is 41.6 Å². The standard InChI is InChI=1S/C9H5Br2ClN2O2S2/c10-6-4-5(9(11)17-6)18(15,16)14-8-3-1-2-7(12)13-8/h1-4H,(H,13,14). The van der Waals surface area contributed by atoms with Crippen molar-refractivity contribution in [2.45, 2.75) is 4.90 Å². The molecule has 0 aliphatic heterocycles. The maximum atomic E-state index is 12.1. The third-order valence-electron chi connectivity index (χ3n) is 1.87. The number of thiophene rings is 1. The highest BCUT2D eigenvalue weighted by Crippen LogP contribution is 2.35. The topological polar surface area (TPSA) is 59.1 Å². The molecule has 0 unspecified atom stereocenters. The monoisotopic (exact) mass is 430 g/mol. The number of anilines is 1. The average molecular weight is 433 g/mol. The predicted molar refractivity (Wildman–Crippen MR) is 79.8 cm³/mol. The Bertz CT molecular complexity index is 688. The van der Waals surface area contributed by atoms with E-state index in [-0.39, 0.29) is 15.9 Å². The van der Waals surface area contributed by atoms with Crippen molar-refractivity contribution in [1.82, 2.24) is 4.98 Å². The lowest BCUT2D eigenvalue weighted by atomic mass is 10.5. The molecule has 0 fully saturated rings. The van der Waals surface area contributed by atoms with Crippen LogP contribution in [0, 0.1) is 0 Å². The van der Waals surface area contributed by atoms with Crippen molar-refractivity contribution < 1.29 is 8.42 Å². The molecule has 0 bridgehead atoms. The van der Waals surface area contributed by atoms with Crippen LogP contribution in [0.15, 0.2) is 36.7 Å². The fraction of sp³-hybridized carbons (Fsp3) is 0. The summed E-state index contributed by atoms with van der Waals surface area (Å²) in [4.78, 5) is 4.03. The fourth-order valence-corrected chi connectivity index (χ4v) is 6.14. The third kappa shape index (κ3) is 3.24. The minimum atomic E-state index is -3.68. The summed E-state index contributed by atoms with van der Waals surface area (Å²) in [5, 5.41) is 0.223. The summed E-state index contributed by atoms with van der Waals surface area (Å²) in [5.74, 6) is 0.178. The summed E-state index contributed by atoms with van der Waals surface area (Å²) < 4.78 is 27.8. The lowest BCUT2D eigenvalue weighted by molar-refractivity contribution is 0.601. The van der Waals surface area contributed by atoms with Gasteiger partial charge in [-0.1, -0.05) is 17.7 Å². The number of aromatic nitrogens is 1. The first-order chi connectivity index (χ1) is 8.38. The Morgan fingerprint density at radius 1 is 1.33 bits per heavy atom. The molecule has 96 valence electrons. The number of nitrogens with zero attached hydrogens (tertiary/aromatic N) is 1. The summed E-state index contributed by atoms with van der Waals surface area (Å²) in [7, 11) is -3.68. The minimum absolute atomic E-state index is 0.154. The van der Waals surface area contributed by atoms with E-state index in [0.29, 0.717) is 7.57 Å². The van der Waals surface area contributed by atoms with Gasteiger partial charge in [0.25, 0.3) is 10.0 Å². The van der Waals surface area contributed by atoms with Crippen LogP contribution in [0.5, 0.6) is 0 Å². The van der Waals surface area contributed by atoms with Gasteiger partial charge in [0.1, 0.15) is 15.9 Å². The Hall–Kier alpha value is -0.150. The molecule has 1 N–H and O–H groups in total. The van der Waals surface area contributed by atoms with Gasteiger partial charge in [-0.05, 0) is 50.1 Å². The highest BCUT2D eigenvalue weighted by atomic mass is 79.9. The van der Waals surface area contributed by atoms with Crippen molar-refractivity contribution in [2.75, 3.05) is 4.72 Å². The van der Waals surface area contributed by atoms with Crippen LogP contribution < -0.4 is 4.72 Å². The van der Waals surface area contributed by atoms with Gasteiger partial charge in [-0.3, -0.25) is 4.72 Å². The van der Waals surface area contributed by atoms with E-state index in [1.165, 1.54) is 23.5 Å². The minimum Gasteiger partial charge on any atom is -0.263 e. The lowest BCUT2D eigenvalue weighted by Gasteiger charge is -2.06. The maximum absolute atomic E-state index is 12.1. The van der Waals surface area contributed by atoms with E-state index in [1.54, 1.807) is 12.1 Å². The largest absolute Gasteiger partial charge is 0.265 e. The van der Waals surface area contributed by atoms with Crippen LogP contribution in [-0.2, 0) is 10.0 Å². The van der Waals surface area contributed by atoms with Gasteiger partial charge in [0.2, 0.25) is 0 Å². The summed E-state index contributed by atoms with van der Waals surface area (Å²) in [6.45, 7) is 0. The second-order valence-electron chi connectivity index (χ2n) is 3.14. The van der Waals surface area contributed by atoms with Crippen LogP contribution in [0.3, 0.4) is 0 Å². The lowest BCUT2D eigenvalue weighted by Crippen LogP contribution is -2.13. The van der Waals surface area contributed by atoms with Crippen LogP contribution >= 0.6 is 54.8 Å². The van der Waals surface area contributed by atoms with Gasteiger partial charge in [0, 0.05) is 0 Å². The van der Waals surface area contributed by atoms with Crippen molar-refractivity contribution >= 4 is 70.6 Å². The van der Waals surface area contributed by atoms with E-state index in [9.17, 15) is 8.42 Å². The average Bonchev–Trinajstić information content (AvgIpc) is 2.58. The molecule has 0 radical (unpaired) electrons. The molecule has 0 aliphatic carbocycles. The number of rotatable bonds is 3. The van der Waals surface area contributed by atoms with Crippen LogP contribution in [0.4, 0.5) is 5.82 Å². The van der Waals surface area contributed by atoms with Crippen LogP contribution in [0.2, 0.25) is 5.15 Å². The van der Waals surface area contributed by atoms with Crippen LogP contribution in [0.25, 0.3) is 0 Å². The Morgan fingerprint density at radius 2 is 2.06 bits per heavy atom. The highest BCUT2D eigenvalue weighted by molar-refractivity contribution is 9.12. The van der Waals surface area contributed by atoms with Gasteiger partial charge in [-0.25, -0.2) is 13.4 Å². The molecule has 0 aromatic carbocycles. The molecule has 0 saturated heterocycles. The van der Waals surface area contributed by atoms with Crippen LogP contribution in [-0.4, -0.2) is 13.4 Å². The molecule has 2 aromatic rings. The molecule has 18 heavy (non-hydrogen) atoms. The number of sulfonamides is 1. The van der Waals surface area contributed by atoms with Gasteiger partial charge in [-0.2, -0.15) is 0 Å². The van der Waals surface area contributed by atoms with E-state index in [4.69, 9.17) is 11.6 Å². The Labute approximate surface area is 130 Å². The zero-order valence-electron chi connectivity index (χ0n) is 8.52. The molecule has 2 rings (SSSR count). The predicted octanol–water partition coefficient (Wildman–Crippen LogP) is 4.12. The first-order valence-corrected chi connectivity index (χ1v) is 8.75. The van der Waals surface area contributed by atoms with Gasteiger partial charge >= 0.3 is 0 Å². The fourth-order valence-electron chi connectivity index (χ4n) is 1.17. The first kappa shape index (κ1) is 14.3. The summed E-state index contributed by atoms with van der Waals surface area (Å²) >= 11 is 13.4. The molecule has 0 amide bonds. The van der Waals surface area contributed by atoms with Crippen LogP contribution in [0.1, 0.15) is 0 Å². The smallest absolute Gasteiger partial charge is 0.263 e. The van der Waals surface area contributed by atoms with Crippen molar-refractivity contribution in [3.63, 3.8) is 0 Å². The quantitative estimate of drug-likeness (QED) is 0.743. The number of hydrogen-bond acceptors (Lipinski definition) is 4. The summed E-state index contributed by atoms with van der Waals surface area (Å²) in [6.07, 6.45) is 0. The van der Waals surface area contributed by atoms with Crippen molar-refractivity contribution in [2.24, 2.45) is 0 Å². The second kappa shape index (κ2) is 5.46. The van der Waals surface area contributed by atoms with E-state index < -0.39 is 10.0 Å². The molecule has 4 nitrogen and oxygen atoms in total. The molecule has 9 heteroatoms. The summed E-state index contributed by atoms with van der Waals surface area (Å²) in [5.41, 5.74) is 0. The van der Waals surface area contributed by atoms with Gasteiger partial charge in [0.15, 0.2) is 0 Å². The molecular weight excluding hydrogens is 428 g/mol. The van der Waals surface area contributed by atoms with E-state index in [1.807, 2.05) is 0 Å². The van der Waals surface area contributed by atoms with Gasteiger partial charge in [-0.15, -0.1) is 11.3 Å². The zero-order chi connectivity index (χ0) is 13.3. The first-order valence-electron chi connectivity index (χ1n) is 4.49. The summed E-state index contributed by atoms with van der Waals surface area (Å²) in [6, 6.07) is 6.22. The van der Waals surface area contributed by atoms with Gasteiger partial charge < -0.3 is 0 Å². The number of halogens is 3. The Kier molecular flexibility index (Phi) is 4.32. The van der Waals surface area contributed by atoms with Crippen molar-refractivity contribution in [3.05, 3.63) is 37.0 Å². The van der Waals surface area contributed by atoms with Gasteiger partial charge in [0.05, 0.1) is 7.57 Å². The molecule has 0 atom stereocenters. The number of nitrogens with one attached hydrogen (secondary N) is 1. The van der Waals surface area contributed by atoms with E-state index in [0.717, 1.165) is 0 Å². The molecule has 2 aromatic heterocycles. The number of pyridine rings is 1. The molecule has 2 heterocycles. The zero-order valence-corrected chi connectivity index (χ0v) is 14.1. The Balaban J connectivity index is 2.36. The molecule has 0 spiro atoms. The van der Waals surface area contributed by atoms with Crippen molar-refractivity contribution in [3.8, 4) is 0 Å². The highest BCUT2D eigenvalue weighted by Gasteiger charge is 2.21. The Morgan fingerprint density at radius 3 is 2.61 bits per heavy atom. The second-order valence-corrected chi connectivity index (χ2v) is 8.93. The van der Waals surface area contributed by atoms with Crippen molar-refractivity contribution in [1.29, 1.82) is 0 Å². The number of hydrogen-bond donors (Lipinski definition) is 1. The molecule has 0 aliphatic rings. The SMILES string of the molecule is O=S(=O)(Nc1cccc(Cl)n1)c1cc(Br)sc1Br. The molecular formula is C9H5Br2ClN2O2S2. The maximum Gasteiger partial charge on any atom is 0.265 e. The normalized spacial score (nSPS) is 11.5. The third-order valence-corrected chi connectivity index (χ3v) is 6.19.